The molecule has 1 aromatic heterocycles. The van der Waals surface area contributed by atoms with E-state index < -0.39 is 0 Å². The van der Waals surface area contributed by atoms with E-state index in [2.05, 4.69) is 39.2 Å². The van der Waals surface area contributed by atoms with E-state index in [0.717, 1.165) is 51.9 Å². The maximum atomic E-state index is 13.0. The van der Waals surface area contributed by atoms with Gasteiger partial charge in [-0.05, 0) is 49.3 Å². The Bertz CT molecular complexity index is 727. The molecule has 0 aliphatic carbocycles. The van der Waals surface area contributed by atoms with Crippen LogP contribution < -0.4 is 0 Å². The molecule has 1 saturated heterocycles. The molecule has 26 heavy (non-hydrogen) atoms. The zero-order chi connectivity index (χ0) is 17.8. The van der Waals surface area contributed by atoms with Crippen LogP contribution in [0.2, 0.25) is 0 Å². The summed E-state index contributed by atoms with van der Waals surface area (Å²) in [6.07, 6.45) is 9.34. The normalized spacial score (nSPS) is 20.8. The summed E-state index contributed by atoms with van der Waals surface area (Å²) in [5.74, 6) is 0.301. The third kappa shape index (κ3) is 3.98. The Kier molecular flexibility index (Phi) is 5.34. The number of benzene rings is 1. The highest BCUT2D eigenvalue weighted by atomic mass is 16.2. The van der Waals surface area contributed by atoms with E-state index in [4.69, 9.17) is 0 Å². The summed E-state index contributed by atoms with van der Waals surface area (Å²) < 4.78 is 1.97. The van der Waals surface area contributed by atoms with Crippen molar-refractivity contribution >= 4 is 5.91 Å². The third-order valence-electron chi connectivity index (χ3n) is 5.77. The SMILES string of the molecule is O=C(CN1CCc2ccccc2C1)N1CCCC[C@H]1CCn1cccn1. The predicted octanol–water partition coefficient (Wildman–Crippen LogP) is 2.71. The number of amides is 1. The van der Waals surface area contributed by atoms with Gasteiger partial charge in [0.2, 0.25) is 5.91 Å². The molecule has 3 heterocycles. The summed E-state index contributed by atoms with van der Waals surface area (Å²) >= 11 is 0. The van der Waals surface area contributed by atoms with Crippen molar-refractivity contribution in [1.82, 2.24) is 19.6 Å². The molecule has 5 nitrogen and oxygen atoms in total. The topological polar surface area (TPSA) is 41.4 Å². The number of carbonyl (C=O) groups is 1. The minimum absolute atomic E-state index is 0.301. The maximum Gasteiger partial charge on any atom is 0.237 e. The molecule has 4 rings (SSSR count). The largest absolute Gasteiger partial charge is 0.339 e. The van der Waals surface area contributed by atoms with E-state index in [-0.39, 0.29) is 0 Å². The lowest BCUT2D eigenvalue weighted by Gasteiger charge is -2.38. The summed E-state index contributed by atoms with van der Waals surface area (Å²) in [5, 5.41) is 4.29. The molecule has 1 atom stereocenters. The molecule has 2 aliphatic rings. The van der Waals surface area contributed by atoms with Crippen molar-refractivity contribution in [3.63, 3.8) is 0 Å². The number of likely N-dealkylation sites (tertiary alicyclic amines) is 1. The van der Waals surface area contributed by atoms with Gasteiger partial charge in [-0.2, -0.15) is 5.10 Å². The lowest BCUT2D eigenvalue weighted by atomic mass is 9.98. The summed E-state index contributed by atoms with van der Waals surface area (Å²) in [7, 11) is 0. The van der Waals surface area contributed by atoms with Crippen LogP contribution in [-0.4, -0.2) is 51.2 Å². The molecule has 0 saturated carbocycles. The van der Waals surface area contributed by atoms with E-state index in [1.54, 1.807) is 0 Å². The van der Waals surface area contributed by atoms with Gasteiger partial charge in [0.25, 0.3) is 0 Å². The number of carbonyl (C=O) groups excluding carboxylic acids is 1. The first-order chi connectivity index (χ1) is 12.8. The van der Waals surface area contributed by atoms with Crippen LogP contribution >= 0.6 is 0 Å². The fraction of sp³-hybridized carbons (Fsp3) is 0.524. The average molecular weight is 352 g/mol. The minimum Gasteiger partial charge on any atom is -0.339 e. The van der Waals surface area contributed by atoms with Crippen molar-refractivity contribution in [3.8, 4) is 0 Å². The molecule has 1 aromatic carbocycles. The van der Waals surface area contributed by atoms with Crippen LogP contribution in [0.3, 0.4) is 0 Å². The van der Waals surface area contributed by atoms with Crippen molar-refractivity contribution < 1.29 is 4.79 Å². The lowest BCUT2D eigenvalue weighted by Crippen LogP contribution is -2.49. The number of hydrogen-bond acceptors (Lipinski definition) is 3. The molecule has 1 fully saturated rings. The quantitative estimate of drug-likeness (QED) is 0.831. The fourth-order valence-electron chi connectivity index (χ4n) is 4.31. The van der Waals surface area contributed by atoms with Gasteiger partial charge >= 0.3 is 0 Å². The molecule has 0 bridgehead atoms. The molecule has 0 N–H and O–H groups in total. The smallest absolute Gasteiger partial charge is 0.237 e. The highest BCUT2D eigenvalue weighted by molar-refractivity contribution is 5.78. The molecule has 1 amide bonds. The van der Waals surface area contributed by atoms with Gasteiger partial charge in [0.15, 0.2) is 0 Å². The first kappa shape index (κ1) is 17.3. The number of aryl methyl sites for hydroxylation is 1. The molecule has 2 aromatic rings. The monoisotopic (exact) mass is 352 g/mol. The van der Waals surface area contributed by atoms with Gasteiger partial charge in [0.1, 0.15) is 0 Å². The fourth-order valence-corrected chi connectivity index (χ4v) is 4.31. The van der Waals surface area contributed by atoms with Crippen molar-refractivity contribution in [2.45, 2.75) is 51.2 Å². The van der Waals surface area contributed by atoms with Crippen molar-refractivity contribution in [1.29, 1.82) is 0 Å². The van der Waals surface area contributed by atoms with E-state index in [9.17, 15) is 4.79 Å². The van der Waals surface area contributed by atoms with Crippen LogP contribution in [0.5, 0.6) is 0 Å². The number of fused-ring (bicyclic) bond motifs is 1. The van der Waals surface area contributed by atoms with E-state index in [1.165, 1.54) is 17.5 Å². The predicted molar refractivity (Wildman–Crippen MR) is 102 cm³/mol. The van der Waals surface area contributed by atoms with Crippen LogP contribution in [0, 0.1) is 0 Å². The Morgan fingerprint density at radius 2 is 2.00 bits per heavy atom. The molecular formula is C21H28N4O. The second-order valence-electron chi connectivity index (χ2n) is 7.52. The minimum atomic E-state index is 0.301. The summed E-state index contributed by atoms with van der Waals surface area (Å²) in [5.41, 5.74) is 2.81. The molecule has 0 unspecified atom stereocenters. The van der Waals surface area contributed by atoms with Crippen LogP contribution in [-0.2, 0) is 24.3 Å². The Labute approximate surface area is 155 Å². The Morgan fingerprint density at radius 3 is 2.85 bits per heavy atom. The van der Waals surface area contributed by atoms with Gasteiger partial charge in [-0.1, -0.05) is 24.3 Å². The summed E-state index contributed by atoms with van der Waals surface area (Å²) in [6.45, 7) is 4.22. The molecule has 138 valence electrons. The van der Waals surface area contributed by atoms with Crippen LogP contribution in [0.1, 0.15) is 36.8 Å². The molecule has 0 radical (unpaired) electrons. The average Bonchev–Trinajstić information content (AvgIpc) is 3.20. The number of aromatic nitrogens is 2. The molecular weight excluding hydrogens is 324 g/mol. The van der Waals surface area contributed by atoms with Crippen LogP contribution in [0.25, 0.3) is 0 Å². The number of hydrogen-bond donors (Lipinski definition) is 0. The maximum absolute atomic E-state index is 13.0. The molecule has 0 spiro atoms. The molecule has 2 aliphatic heterocycles. The second kappa shape index (κ2) is 8.04. The van der Waals surface area contributed by atoms with Crippen molar-refractivity contribution in [2.24, 2.45) is 0 Å². The second-order valence-corrected chi connectivity index (χ2v) is 7.52. The van der Waals surface area contributed by atoms with Gasteiger partial charge in [0, 0.05) is 44.6 Å². The van der Waals surface area contributed by atoms with Gasteiger partial charge in [0.05, 0.1) is 6.54 Å². The van der Waals surface area contributed by atoms with Crippen LogP contribution in [0.15, 0.2) is 42.7 Å². The summed E-state index contributed by atoms with van der Waals surface area (Å²) in [6, 6.07) is 10.9. The zero-order valence-electron chi connectivity index (χ0n) is 15.4. The standard InChI is InChI=1S/C21H28N4O/c26-21(17-23-14-9-18-6-1-2-7-19(18)16-23)25-13-4-3-8-20(25)10-15-24-12-5-11-22-24/h1-2,5-7,11-12,20H,3-4,8-10,13-17H2/t20-/m0/s1. The first-order valence-corrected chi connectivity index (χ1v) is 9.85. The van der Waals surface area contributed by atoms with Crippen molar-refractivity contribution in [3.05, 3.63) is 53.9 Å². The Hall–Kier alpha value is -2.14. The van der Waals surface area contributed by atoms with Gasteiger partial charge in [-0.25, -0.2) is 0 Å². The van der Waals surface area contributed by atoms with Crippen molar-refractivity contribution in [2.75, 3.05) is 19.6 Å². The highest BCUT2D eigenvalue weighted by Crippen LogP contribution is 2.22. The van der Waals surface area contributed by atoms with Gasteiger partial charge in [-0.15, -0.1) is 0 Å². The number of nitrogens with zero attached hydrogens (tertiary/aromatic N) is 4. The molecule has 5 heteroatoms. The van der Waals surface area contributed by atoms with E-state index in [0.29, 0.717) is 18.5 Å². The third-order valence-corrected chi connectivity index (χ3v) is 5.77. The highest BCUT2D eigenvalue weighted by Gasteiger charge is 2.28. The van der Waals surface area contributed by atoms with E-state index in [1.807, 2.05) is 23.1 Å². The summed E-state index contributed by atoms with van der Waals surface area (Å²) in [4.78, 5) is 17.5. The Balaban J connectivity index is 1.35. The van der Waals surface area contributed by atoms with E-state index >= 15 is 0 Å². The Morgan fingerprint density at radius 1 is 1.12 bits per heavy atom. The van der Waals surface area contributed by atoms with Crippen LogP contribution in [0.4, 0.5) is 0 Å². The van der Waals surface area contributed by atoms with Gasteiger partial charge in [-0.3, -0.25) is 14.4 Å². The zero-order valence-corrected chi connectivity index (χ0v) is 15.4. The number of piperidine rings is 1. The first-order valence-electron chi connectivity index (χ1n) is 9.85. The number of rotatable bonds is 5. The lowest BCUT2D eigenvalue weighted by molar-refractivity contribution is -0.136. The van der Waals surface area contributed by atoms with Gasteiger partial charge < -0.3 is 4.90 Å².